The molecule has 0 fully saturated rings. The minimum absolute atomic E-state index is 0.253. The zero-order valence-corrected chi connectivity index (χ0v) is 11.3. The summed E-state index contributed by atoms with van der Waals surface area (Å²) in [5.41, 5.74) is 0. The number of unbranched alkanes of at least 4 members (excludes halogenated alkanes) is 2. The van der Waals surface area contributed by atoms with E-state index in [1.54, 1.807) is 0 Å². The highest BCUT2D eigenvalue weighted by atomic mass is 16.3. The molecule has 98 valence electrons. The molecule has 0 aromatic rings. The first-order valence-corrected chi connectivity index (χ1v) is 6.77. The lowest BCUT2D eigenvalue weighted by Gasteiger charge is -2.21. The molecule has 0 bridgehead atoms. The third-order valence-electron chi connectivity index (χ3n) is 2.91. The van der Waals surface area contributed by atoms with E-state index in [4.69, 9.17) is 0 Å². The Morgan fingerprint density at radius 3 is 2.44 bits per heavy atom. The van der Waals surface area contributed by atoms with Crippen LogP contribution in [-0.2, 0) is 0 Å². The first kappa shape index (κ1) is 15.9. The first-order valence-electron chi connectivity index (χ1n) is 6.77. The lowest BCUT2D eigenvalue weighted by Crippen LogP contribution is -2.36. The van der Waals surface area contributed by atoms with E-state index in [2.05, 4.69) is 31.1 Å². The Hall–Kier alpha value is -0.120. The molecule has 0 aromatic heterocycles. The highest BCUT2D eigenvalue weighted by Gasteiger charge is 2.07. The Bertz CT molecular complexity index is 142. The third-order valence-corrected chi connectivity index (χ3v) is 2.91. The van der Waals surface area contributed by atoms with Crippen LogP contribution in [0.25, 0.3) is 0 Å². The number of hydrogen-bond donors (Lipinski definition) is 2. The van der Waals surface area contributed by atoms with Crippen LogP contribution in [0.3, 0.4) is 0 Å². The second-order valence-electron chi connectivity index (χ2n) is 4.63. The molecule has 0 aliphatic carbocycles. The van der Waals surface area contributed by atoms with Gasteiger partial charge in [0.15, 0.2) is 0 Å². The molecule has 0 rings (SSSR count). The van der Waals surface area contributed by atoms with Gasteiger partial charge in [0.05, 0.1) is 6.61 Å². The molecule has 0 radical (unpaired) electrons. The smallest absolute Gasteiger partial charge is 0.0585 e. The Labute approximate surface area is 101 Å². The second-order valence-corrected chi connectivity index (χ2v) is 4.63. The van der Waals surface area contributed by atoms with Crippen molar-refractivity contribution in [3.8, 4) is 0 Å². The van der Waals surface area contributed by atoms with Gasteiger partial charge in [-0.2, -0.15) is 0 Å². The number of aliphatic hydroxyl groups excluding tert-OH is 1. The fourth-order valence-electron chi connectivity index (χ4n) is 1.73. The summed E-state index contributed by atoms with van der Waals surface area (Å²) >= 11 is 0. The van der Waals surface area contributed by atoms with Crippen molar-refractivity contribution in [1.29, 1.82) is 0 Å². The van der Waals surface area contributed by atoms with Crippen LogP contribution in [0.1, 0.15) is 46.0 Å². The van der Waals surface area contributed by atoms with Crippen molar-refractivity contribution < 1.29 is 5.11 Å². The average Bonchev–Trinajstić information content (AvgIpc) is 2.30. The second kappa shape index (κ2) is 11.4. The van der Waals surface area contributed by atoms with Gasteiger partial charge in [-0.15, -0.1) is 0 Å². The zero-order valence-electron chi connectivity index (χ0n) is 11.3. The van der Waals surface area contributed by atoms with Gasteiger partial charge in [-0.25, -0.2) is 0 Å². The van der Waals surface area contributed by atoms with Crippen molar-refractivity contribution in [2.24, 2.45) is 0 Å². The highest BCUT2D eigenvalue weighted by Crippen LogP contribution is 1.99. The van der Waals surface area contributed by atoms with E-state index >= 15 is 0 Å². The van der Waals surface area contributed by atoms with Crippen LogP contribution in [0, 0.1) is 0 Å². The Balaban J connectivity index is 3.50. The lowest BCUT2D eigenvalue weighted by atomic mass is 10.2. The van der Waals surface area contributed by atoms with Crippen molar-refractivity contribution in [2.75, 3.05) is 33.3 Å². The number of nitrogens with one attached hydrogen (secondary N) is 1. The van der Waals surface area contributed by atoms with Gasteiger partial charge >= 0.3 is 0 Å². The molecule has 0 amide bonds. The van der Waals surface area contributed by atoms with Crippen LogP contribution < -0.4 is 5.32 Å². The Kier molecular flexibility index (Phi) is 11.3. The maximum absolute atomic E-state index is 9.20. The van der Waals surface area contributed by atoms with Crippen molar-refractivity contribution in [1.82, 2.24) is 10.2 Å². The third kappa shape index (κ3) is 9.13. The fourth-order valence-corrected chi connectivity index (χ4v) is 1.73. The lowest BCUT2D eigenvalue weighted by molar-refractivity contribution is 0.217. The van der Waals surface area contributed by atoms with Gasteiger partial charge in [0, 0.05) is 6.04 Å². The van der Waals surface area contributed by atoms with Crippen LogP contribution in [0.5, 0.6) is 0 Å². The number of aliphatic hydroxyl groups is 1. The molecular formula is C13H30N2O. The first-order chi connectivity index (χ1) is 7.74. The van der Waals surface area contributed by atoms with Gasteiger partial charge in [-0.1, -0.05) is 26.7 Å². The Morgan fingerprint density at radius 1 is 1.12 bits per heavy atom. The minimum Gasteiger partial charge on any atom is -0.395 e. The minimum atomic E-state index is 0.253. The van der Waals surface area contributed by atoms with E-state index in [9.17, 15) is 5.11 Å². The molecule has 16 heavy (non-hydrogen) atoms. The van der Waals surface area contributed by atoms with E-state index < -0.39 is 0 Å². The largest absolute Gasteiger partial charge is 0.395 e. The normalized spacial score (nSPS) is 13.3. The van der Waals surface area contributed by atoms with E-state index in [1.807, 2.05) is 0 Å². The zero-order chi connectivity index (χ0) is 12.2. The molecule has 1 unspecified atom stereocenters. The average molecular weight is 230 g/mol. The van der Waals surface area contributed by atoms with Gasteiger partial charge in [0.1, 0.15) is 0 Å². The number of nitrogens with zero attached hydrogens (tertiary/aromatic N) is 1. The van der Waals surface area contributed by atoms with Gasteiger partial charge < -0.3 is 15.3 Å². The quantitative estimate of drug-likeness (QED) is 0.532. The van der Waals surface area contributed by atoms with Crippen molar-refractivity contribution in [2.45, 2.75) is 52.0 Å². The summed E-state index contributed by atoms with van der Waals surface area (Å²) < 4.78 is 0. The maximum Gasteiger partial charge on any atom is 0.0585 e. The number of hydrogen-bond acceptors (Lipinski definition) is 3. The van der Waals surface area contributed by atoms with Crippen molar-refractivity contribution in [3.05, 3.63) is 0 Å². The molecule has 0 saturated heterocycles. The van der Waals surface area contributed by atoms with E-state index in [-0.39, 0.29) is 12.6 Å². The Morgan fingerprint density at radius 2 is 1.88 bits per heavy atom. The topological polar surface area (TPSA) is 35.5 Å². The highest BCUT2D eigenvalue weighted by molar-refractivity contribution is 4.67. The summed E-state index contributed by atoms with van der Waals surface area (Å²) in [6.45, 7) is 7.90. The molecule has 1 atom stereocenters. The monoisotopic (exact) mass is 230 g/mol. The predicted molar refractivity (Wildman–Crippen MR) is 70.8 cm³/mol. The molecule has 0 aliphatic rings. The van der Waals surface area contributed by atoms with E-state index in [0.717, 1.165) is 25.9 Å². The maximum atomic E-state index is 9.20. The fraction of sp³-hybridized carbons (Fsp3) is 1.00. The molecule has 2 N–H and O–H groups in total. The summed E-state index contributed by atoms with van der Waals surface area (Å²) in [5, 5.41) is 12.6. The molecule has 3 heteroatoms. The standard InChI is InChI=1S/C13H30N2O/c1-4-6-7-10-15(3)11-8-13(12-16)14-9-5-2/h13-14,16H,4-12H2,1-3H3. The van der Waals surface area contributed by atoms with Crippen LogP contribution in [-0.4, -0.2) is 49.3 Å². The molecule has 3 nitrogen and oxygen atoms in total. The van der Waals surface area contributed by atoms with E-state index in [1.165, 1.54) is 25.8 Å². The summed E-state index contributed by atoms with van der Waals surface area (Å²) in [4.78, 5) is 2.37. The van der Waals surface area contributed by atoms with Crippen LogP contribution >= 0.6 is 0 Å². The molecular weight excluding hydrogens is 200 g/mol. The number of rotatable bonds is 11. The SMILES string of the molecule is CCCCCN(C)CCC(CO)NCCC. The van der Waals surface area contributed by atoms with Gasteiger partial charge in [-0.3, -0.25) is 0 Å². The van der Waals surface area contributed by atoms with E-state index in [0.29, 0.717) is 0 Å². The predicted octanol–water partition coefficient (Wildman–Crippen LogP) is 1.86. The van der Waals surface area contributed by atoms with Crippen LogP contribution in [0.15, 0.2) is 0 Å². The molecule has 0 aromatic carbocycles. The summed E-state index contributed by atoms with van der Waals surface area (Å²) in [5.74, 6) is 0. The molecule has 0 heterocycles. The van der Waals surface area contributed by atoms with Crippen LogP contribution in [0.4, 0.5) is 0 Å². The van der Waals surface area contributed by atoms with Gasteiger partial charge in [0.25, 0.3) is 0 Å². The van der Waals surface area contributed by atoms with Gasteiger partial charge in [-0.05, 0) is 45.9 Å². The summed E-state index contributed by atoms with van der Waals surface area (Å²) in [6.07, 6.45) is 6.06. The van der Waals surface area contributed by atoms with Gasteiger partial charge in [0.2, 0.25) is 0 Å². The molecule has 0 aliphatic heterocycles. The van der Waals surface area contributed by atoms with Crippen molar-refractivity contribution >= 4 is 0 Å². The summed E-state index contributed by atoms with van der Waals surface area (Å²) in [7, 11) is 2.17. The summed E-state index contributed by atoms with van der Waals surface area (Å²) in [6, 6.07) is 0.272. The molecule has 0 spiro atoms. The van der Waals surface area contributed by atoms with Crippen LogP contribution in [0.2, 0.25) is 0 Å². The molecule has 0 saturated carbocycles. The van der Waals surface area contributed by atoms with Crippen molar-refractivity contribution in [3.63, 3.8) is 0 Å².